The molecule has 5 heteroatoms. The molecular weight excluding hydrogens is 228 g/mol. The van der Waals surface area contributed by atoms with E-state index in [0.29, 0.717) is 29.1 Å². The van der Waals surface area contributed by atoms with Crippen molar-refractivity contribution in [1.82, 2.24) is 0 Å². The second-order valence-electron chi connectivity index (χ2n) is 3.22. The Morgan fingerprint density at radius 3 is 2.81 bits per heavy atom. The Hall–Kier alpha value is -1.73. The van der Waals surface area contributed by atoms with Gasteiger partial charge in [-0.1, -0.05) is 11.8 Å². The molecule has 1 rings (SSSR count). The highest BCUT2D eigenvalue weighted by Gasteiger charge is 2.10. The molecule has 84 valence electrons. The Kier molecular flexibility index (Phi) is 4.15. The number of nitro groups is 1. The zero-order valence-electron chi connectivity index (χ0n) is 8.79. The number of nitrogen functional groups attached to an aromatic ring is 1. The number of halogens is 1. The average molecular weight is 239 g/mol. The maximum absolute atomic E-state index is 10.6. The van der Waals surface area contributed by atoms with E-state index < -0.39 is 4.92 Å². The van der Waals surface area contributed by atoms with Gasteiger partial charge in [0, 0.05) is 24.4 Å². The Morgan fingerprint density at radius 1 is 1.56 bits per heavy atom. The Labute approximate surface area is 98.6 Å². The van der Waals surface area contributed by atoms with Crippen molar-refractivity contribution in [3.63, 3.8) is 0 Å². The van der Waals surface area contributed by atoms with Gasteiger partial charge >= 0.3 is 0 Å². The summed E-state index contributed by atoms with van der Waals surface area (Å²) in [5, 5.41) is 10.6. The van der Waals surface area contributed by atoms with Crippen LogP contribution < -0.4 is 5.73 Å². The van der Waals surface area contributed by atoms with Crippen LogP contribution in [0.2, 0.25) is 0 Å². The summed E-state index contributed by atoms with van der Waals surface area (Å²) in [6.45, 7) is 1.72. The van der Waals surface area contributed by atoms with Crippen LogP contribution in [0.1, 0.15) is 17.5 Å². The second kappa shape index (κ2) is 5.38. The number of hydrogen-bond donors (Lipinski definition) is 1. The minimum Gasteiger partial charge on any atom is -0.397 e. The first-order valence-corrected chi connectivity index (χ1v) is 5.19. The van der Waals surface area contributed by atoms with Crippen molar-refractivity contribution in [1.29, 1.82) is 0 Å². The predicted molar refractivity (Wildman–Crippen MR) is 64.5 cm³/mol. The fourth-order valence-corrected chi connectivity index (χ4v) is 1.29. The second-order valence-corrected chi connectivity index (χ2v) is 3.60. The Bertz CT molecular complexity index is 475. The number of benzene rings is 1. The van der Waals surface area contributed by atoms with Crippen LogP contribution in [0.3, 0.4) is 0 Å². The lowest BCUT2D eigenvalue weighted by Gasteiger charge is -2.02. The third-order valence-corrected chi connectivity index (χ3v) is 2.21. The van der Waals surface area contributed by atoms with Crippen LogP contribution >= 0.6 is 11.6 Å². The fourth-order valence-electron chi connectivity index (χ4n) is 1.19. The molecule has 1 aromatic rings. The molecule has 0 aliphatic heterocycles. The van der Waals surface area contributed by atoms with Crippen LogP contribution in [0.25, 0.3) is 0 Å². The number of hydrogen-bond acceptors (Lipinski definition) is 3. The molecule has 0 fully saturated rings. The lowest BCUT2D eigenvalue weighted by molar-refractivity contribution is -0.384. The summed E-state index contributed by atoms with van der Waals surface area (Å²) >= 11 is 5.48. The molecule has 0 spiro atoms. The van der Waals surface area contributed by atoms with Crippen molar-refractivity contribution in [2.24, 2.45) is 0 Å². The van der Waals surface area contributed by atoms with Gasteiger partial charge in [-0.25, -0.2) is 0 Å². The molecule has 0 saturated heterocycles. The molecule has 4 nitrogen and oxygen atoms in total. The Balaban J connectivity index is 3.18. The molecule has 0 amide bonds. The van der Waals surface area contributed by atoms with Crippen LogP contribution in [0.15, 0.2) is 12.1 Å². The van der Waals surface area contributed by atoms with Gasteiger partial charge in [0.25, 0.3) is 5.69 Å². The monoisotopic (exact) mass is 238 g/mol. The molecule has 0 aliphatic carbocycles. The number of nitrogens with zero attached hydrogens (tertiary/aromatic N) is 1. The Morgan fingerprint density at radius 2 is 2.25 bits per heavy atom. The number of alkyl halides is 1. The number of aryl methyl sites for hydroxylation is 1. The maximum atomic E-state index is 10.6. The van der Waals surface area contributed by atoms with Crippen molar-refractivity contribution in [2.45, 2.75) is 13.3 Å². The van der Waals surface area contributed by atoms with Crippen molar-refractivity contribution in [3.8, 4) is 11.8 Å². The van der Waals surface area contributed by atoms with Crippen molar-refractivity contribution < 1.29 is 4.92 Å². The van der Waals surface area contributed by atoms with Crippen molar-refractivity contribution in [3.05, 3.63) is 33.4 Å². The van der Waals surface area contributed by atoms with E-state index in [0.717, 1.165) is 0 Å². The van der Waals surface area contributed by atoms with Gasteiger partial charge in [0.2, 0.25) is 0 Å². The molecule has 0 aliphatic rings. The summed E-state index contributed by atoms with van der Waals surface area (Å²) in [4.78, 5) is 10.2. The smallest absolute Gasteiger partial charge is 0.271 e. The SMILES string of the molecule is Cc1cc([N+](=O)[O-])cc(C#CCCCl)c1N. The number of non-ortho nitro benzene ring substituents is 1. The molecule has 0 heterocycles. The highest BCUT2D eigenvalue weighted by Crippen LogP contribution is 2.23. The summed E-state index contributed by atoms with van der Waals surface area (Å²) in [5.74, 6) is 6.02. The van der Waals surface area contributed by atoms with Gasteiger partial charge in [-0.3, -0.25) is 10.1 Å². The lowest BCUT2D eigenvalue weighted by Crippen LogP contribution is -1.97. The quantitative estimate of drug-likeness (QED) is 0.283. The molecular formula is C11H11ClN2O2. The molecule has 0 radical (unpaired) electrons. The molecule has 0 atom stereocenters. The van der Waals surface area contributed by atoms with E-state index >= 15 is 0 Å². The van der Waals surface area contributed by atoms with Gasteiger partial charge in [-0.2, -0.15) is 0 Å². The number of anilines is 1. The number of nitro benzene ring substituents is 1. The number of nitrogens with two attached hydrogens (primary N) is 1. The summed E-state index contributed by atoms with van der Waals surface area (Å²) in [6.07, 6.45) is 0.530. The lowest BCUT2D eigenvalue weighted by atomic mass is 10.1. The van der Waals surface area contributed by atoms with Gasteiger partial charge in [-0.15, -0.1) is 11.6 Å². The number of rotatable bonds is 2. The third kappa shape index (κ3) is 2.88. The van der Waals surface area contributed by atoms with Crippen LogP contribution in [0.5, 0.6) is 0 Å². The largest absolute Gasteiger partial charge is 0.397 e. The molecule has 0 unspecified atom stereocenters. The van der Waals surface area contributed by atoms with Gasteiger partial charge in [0.15, 0.2) is 0 Å². The van der Waals surface area contributed by atoms with E-state index in [1.165, 1.54) is 12.1 Å². The van der Waals surface area contributed by atoms with Crippen LogP contribution in [-0.4, -0.2) is 10.8 Å². The van der Waals surface area contributed by atoms with E-state index in [4.69, 9.17) is 17.3 Å². The standard InChI is InChI=1S/C11H11ClN2O2/c1-8-6-10(14(15)16)7-9(11(8)13)4-2-3-5-12/h6-7H,3,5,13H2,1H3. The highest BCUT2D eigenvalue weighted by molar-refractivity contribution is 6.18. The minimum atomic E-state index is -0.459. The van der Waals surface area contributed by atoms with E-state index in [1.54, 1.807) is 6.92 Å². The first-order valence-electron chi connectivity index (χ1n) is 4.65. The van der Waals surface area contributed by atoms with E-state index in [-0.39, 0.29) is 5.69 Å². The molecule has 2 N–H and O–H groups in total. The van der Waals surface area contributed by atoms with E-state index in [1.807, 2.05) is 0 Å². The molecule has 0 aromatic heterocycles. The first kappa shape index (κ1) is 12.3. The zero-order chi connectivity index (χ0) is 12.1. The third-order valence-electron chi connectivity index (χ3n) is 2.02. The van der Waals surface area contributed by atoms with Crippen molar-refractivity contribution in [2.75, 3.05) is 11.6 Å². The summed E-state index contributed by atoms with van der Waals surface area (Å²) < 4.78 is 0. The molecule has 0 saturated carbocycles. The molecule has 16 heavy (non-hydrogen) atoms. The topological polar surface area (TPSA) is 69.2 Å². The molecule has 1 aromatic carbocycles. The van der Waals surface area contributed by atoms with Crippen LogP contribution in [0.4, 0.5) is 11.4 Å². The van der Waals surface area contributed by atoms with Crippen molar-refractivity contribution >= 4 is 23.0 Å². The predicted octanol–water partition coefficient (Wildman–Crippen LogP) is 2.47. The molecule has 0 bridgehead atoms. The highest BCUT2D eigenvalue weighted by atomic mass is 35.5. The minimum absolute atomic E-state index is 0.00173. The van der Waals surface area contributed by atoms with Gasteiger partial charge in [0.05, 0.1) is 16.2 Å². The van der Waals surface area contributed by atoms with Crippen LogP contribution in [0, 0.1) is 28.9 Å². The summed E-state index contributed by atoms with van der Waals surface area (Å²) in [5.41, 5.74) is 7.40. The normalized spacial score (nSPS) is 9.38. The van der Waals surface area contributed by atoms with E-state index in [9.17, 15) is 10.1 Å². The van der Waals surface area contributed by atoms with Gasteiger partial charge in [-0.05, 0) is 12.5 Å². The summed E-state index contributed by atoms with van der Waals surface area (Å²) in [7, 11) is 0. The zero-order valence-corrected chi connectivity index (χ0v) is 9.54. The fraction of sp³-hybridized carbons (Fsp3) is 0.273. The van der Waals surface area contributed by atoms with Gasteiger partial charge < -0.3 is 5.73 Å². The first-order chi connectivity index (χ1) is 7.56. The average Bonchev–Trinajstić information content (AvgIpc) is 2.24. The van der Waals surface area contributed by atoms with Gasteiger partial charge in [0.1, 0.15) is 0 Å². The van der Waals surface area contributed by atoms with E-state index in [2.05, 4.69) is 11.8 Å². The summed E-state index contributed by atoms with van der Waals surface area (Å²) in [6, 6.07) is 2.81. The maximum Gasteiger partial charge on any atom is 0.271 e. The van der Waals surface area contributed by atoms with Crippen LogP contribution in [-0.2, 0) is 0 Å².